The number of carbonyl (C=O) groups excluding carboxylic acids is 1. The molecular weight excluding hydrogens is 166 g/mol. The molecule has 72 valence electrons. The molecule has 13 heavy (non-hydrogen) atoms. The molecule has 4 heteroatoms. The fourth-order valence-corrected chi connectivity index (χ4v) is 1.13. The van der Waals surface area contributed by atoms with Gasteiger partial charge in [0.15, 0.2) is 0 Å². The Bertz CT molecular complexity index is 233. The molecule has 0 saturated carbocycles. The van der Waals surface area contributed by atoms with Gasteiger partial charge in [0.2, 0.25) is 5.91 Å². The van der Waals surface area contributed by atoms with Gasteiger partial charge in [-0.1, -0.05) is 6.08 Å². The summed E-state index contributed by atoms with van der Waals surface area (Å²) in [6.45, 7) is 1.08. The molecule has 0 radical (unpaired) electrons. The number of nitrogens with two attached hydrogens (primary N) is 1. The van der Waals surface area contributed by atoms with E-state index in [1.54, 1.807) is 6.20 Å². The van der Waals surface area contributed by atoms with Crippen LogP contribution in [0.2, 0.25) is 0 Å². The normalized spacial score (nSPS) is 14.4. The molecule has 0 aromatic heterocycles. The van der Waals surface area contributed by atoms with Gasteiger partial charge in [-0.05, 0) is 0 Å². The highest BCUT2D eigenvalue weighted by molar-refractivity contribution is 5.88. The van der Waals surface area contributed by atoms with Crippen molar-refractivity contribution in [2.24, 2.45) is 10.7 Å². The van der Waals surface area contributed by atoms with Crippen LogP contribution in [0.4, 0.5) is 0 Å². The maximum absolute atomic E-state index is 11.0. The van der Waals surface area contributed by atoms with Gasteiger partial charge in [-0.15, -0.1) is 0 Å². The summed E-state index contributed by atoms with van der Waals surface area (Å²) in [6, 6.07) is 0. The summed E-state index contributed by atoms with van der Waals surface area (Å²) in [6.07, 6.45) is 5.98. The largest absolute Gasteiger partial charge is 0.356 e. The van der Waals surface area contributed by atoms with Crippen LogP contribution in [0.5, 0.6) is 0 Å². The van der Waals surface area contributed by atoms with E-state index >= 15 is 0 Å². The molecule has 0 aromatic rings. The number of aliphatic imine (C=N–C) groups is 1. The molecule has 3 N–H and O–H groups in total. The molecule has 0 fully saturated rings. The van der Waals surface area contributed by atoms with Gasteiger partial charge in [0, 0.05) is 44.3 Å². The molecule has 0 atom stereocenters. The summed E-state index contributed by atoms with van der Waals surface area (Å²) in [4.78, 5) is 15.1. The smallest absolute Gasteiger partial charge is 0.221 e. The van der Waals surface area contributed by atoms with Crippen LogP contribution < -0.4 is 11.1 Å². The number of hydrogen-bond donors (Lipinski definition) is 2. The predicted molar refractivity (Wildman–Crippen MR) is 52.5 cm³/mol. The molecule has 0 aromatic carbocycles. The van der Waals surface area contributed by atoms with E-state index in [1.807, 2.05) is 6.08 Å². The molecular formula is C9H15N3O. The van der Waals surface area contributed by atoms with Gasteiger partial charge in [0.1, 0.15) is 0 Å². The van der Waals surface area contributed by atoms with Crippen LogP contribution >= 0.6 is 0 Å². The Morgan fingerprint density at radius 2 is 2.54 bits per heavy atom. The summed E-state index contributed by atoms with van der Waals surface area (Å²) >= 11 is 0. The number of amides is 1. The third kappa shape index (κ3) is 3.85. The minimum absolute atomic E-state index is 0.0223. The van der Waals surface area contributed by atoms with Crippen molar-refractivity contribution < 1.29 is 4.79 Å². The van der Waals surface area contributed by atoms with E-state index < -0.39 is 0 Å². The SMILES string of the molecule is NCCC(=O)NCCC1=NC=CC1. The zero-order valence-electron chi connectivity index (χ0n) is 7.62. The zero-order valence-corrected chi connectivity index (χ0v) is 7.62. The van der Waals surface area contributed by atoms with Crippen molar-refractivity contribution in [3.05, 3.63) is 12.3 Å². The van der Waals surface area contributed by atoms with Gasteiger partial charge >= 0.3 is 0 Å². The minimum atomic E-state index is 0.0223. The van der Waals surface area contributed by atoms with Crippen molar-refractivity contribution in [3.8, 4) is 0 Å². The lowest BCUT2D eigenvalue weighted by molar-refractivity contribution is -0.120. The standard InChI is InChI=1S/C9H15N3O/c10-5-3-9(13)12-7-4-8-2-1-6-11-8/h1,6H,2-5,7,10H2,(H,12,13). The van der Waals surface area contributed by atoms with Crippen molar-refractivity contribution in [2.45, 2.75) is 19.3 Å². The van der Waals surface area contributed by atoms with Crippen molar-refractivity contribution >= 4 is 11.6 Å². The molecule has 4 nitrogen and oxygen atoms in total. The Kier molecular flexibility index (Phi) is 4.18. The molecule has 0 spiro atoms. The molecule has 1 rings (SSSR count). The number of carbonyl (C=O) groups is 1. The fraction of sp³-hybridized carbons (Fsp3) is 0.556. The monoisotopic (exact) mass is 181 g/mol. The quantitative estimate of drug-likeness (QED) is 0.636. The number of nitrogens with zero attached hydrogens (tertiary/aromatic N) is 1. The first-order valence-corrected chi connectivity index (χ1v) is 4.50. The lowest BCUT2D eigenvalue weighted by Crippen LogP contribution is -2.27. The number of nitrogens with one attached hydrogen (secondary N) is 1. The number of hydrogen-bond acceptors (Lipinski definition) is 3. The maximum atomic E-state index is 11.0. The van der Waals surface area contributed by atoms with E-state index in [0.29, 0.717) is 19.5 Å². The van der Waals surface area contributed by atoms with Crippen LogP contribution in [-0.4, -0.2) is 24.7 Å². The van der Waals surface area contributed by atoms with E-state index in [9.17, 15) is 4.79 Å². The van der Waals surface area contributed by atoms with Crippen LogP contribution in [0, 0.1) is 0 Å². The summed E-state index contributed by atoms with van der Waals surface area (Å²) in [5.74, 6) is 0.0223. The van der Waals surface area contributed by atoms with Gasteiger partial charge in [0.25, 0.3) is 0 Å². The number of allylic oxidation sites excluding steroid dienone is 1. The fourth-order valence-electron chi connectivity index (χ4n) is 1.13. The summed E-state index contributed by atoms with van der Waals surface area (Å²) < 4.78 is 0. The van der Waals surface area contributed by atoms with Crippen LogP contribution in [0.1, 0.15) is 19.3 Å². The first-order valence-electron chi connectivity index (χ1n) is 4.50. The van der Waals surface area contributed by atoms with Crippen molar-refractivity contribution in [1.82, 2.24) is 5.32 Å². The van der Waals surface area contributed by atoms with E-state index in [4.69, 9.17) is 5.73 Å². The van der Waals surface area contributed by atoms with E-state index in [1.165, 1.54) is 0 Å². The summed E-state index contributed by atoms with van der Waals surface area (Å²) in [7, 11) is 0. The third-order valence-electron chi connectivity index (χ3n) is 1.82. The second kappa shape index (κ2) is 5.48. The summed E-state index contributed by atoms with van der Waals surface area (Å²) in [5.41, 5.74) is 6.36. The van der Waals surface area contributed by atoms with Gasteiger partial charge in [0.05, 0.1) is 0 Å². The average molecular weight is 181 g/mol. The second-order valence-electron chi connectivity index (χ2n) is 2.92. The Labute approximate surface area is 77.9 Å². The zero-order chi connectivity index (χ0) is 9.52. The highest BCUT2D eigenvalue weighted by Crippen LogP contribution is 2.02. The highest BCUT2D eigenvalue weighted by atomic mass is 16.1. The molecule has 0 bridgehead atoms. The highest BCUT2D eigenvalue weighted by Gasteiger charge is 2.02. The van der Waals surface area contributed by atoms with Crippen LogP contribution in [-0.2, 0) is 4.79 Å². The van der Waals surface area contributed by atoms with Crippen molar-refractivity contribution in [2.75, 3.05) is 13.1 Å². The third-order valence-corrected chi connectivity index (χ3v) is 1.82. The molecule has 1 aliphatic rings. The van der Waals surface area contributed by atoms with Gasteiger partial charge < -0.3 is 11.1 Å². The van der Waals surface area contributed by atoms with E-state index in [2.05, 4.69) is 10.3 Å². The molecule has 0 unspecified atom stereocenters. The number of rotatable bonds is 5. The van der Waals surface area contributed by atoms with Gasteiger partial charge in [-0.2, -0.15) is 0 Å². The Balaban J connectivity index is 2.04. The lowest BCUT2D eigenvalue weighted by Gasteiger charge is -2.03. The Morgan fingerprint density at radius 1 is 1.69 bits per heavy atom. The maximum Gasteiger partial charge on any atom is 0.221 e. The van der Waals surface area contributed by atoms with E-state index in [0.717, 1.165) is 18.6 Å². The Morgan fingerprint density at radius 3 is 3.15 bits per heavy atom. The summed E-state index contributed by atoms with van der Waals surface area (Å²) in [5, 5.41) is 2.78. The first kappa shape index (κ1) is 9.92. The molecule has 0 aliphatic carbocycles. The van der Waals surface area contributed by atoms with Gasteiger partial charge in [-0.25, -0.2) is 0 Å². The van der Waals surface area contributed by atoms with Crippen LogP contribution in [0.25, 0.3) is 0 Å². The van der Waals surface area contributed by atoms with Gasteiger partial charge in [-0.3, -0.25) is 9.79 Å². The Hall–Kier alpha value is -1.16. The van der Waals surface area contributed by atoms with Crippen molar-refractivity contribution in [1.29, 1.82) is 0 Å². The van der Waals surface area contributed by atoms with Crippen LogP contribution in [0.3, 0.4) is 0 Å². The molecule has 1 heterocycles. The van der Waals surface area contributed by atoms with Crippen molar-refractivity contribution in [3.63, 3.8) is 0 Å². The van der Waals surface area contributed by atoms with Crippen LogP contribution in [0.15, 0.2) is 17.3 Å². The average Bonchev–Trinajstić information content (AvgIpc) is 2.57. The minimum Gasteiger partial charge on any atom is -0.356 e. The second-order valence-corrected chi connectivity index (χ2v) is 2.92. The van der Waals surface area contributed by atoms with E-state index in [-0.39, 0.29) is 5.91 Å². The lowest BCUT2D eigenvalue weighted by atomic mass is 10.2. The topological polar surface area (TPSA) is 67.5 Å². The molecule has 0 saturated heterocycles. The molecule has 1 aliphatic heterocycles. The first-order chi connectivity index (χ1) is 6.33. The molecule has 1 amide bonds. The predicted octanol–water partition coefficient (Wildman–Crippen LogP) is 0.200.